The van der Waals surface area contributed by atoms with Gasteiger partial charge < -0.3 is 10.6 Å². The van der Waals surface area contributed by atoms with E-state index < -0.39 is 0 Å². The SMILES string of the molecule is CCc1ccc(N(C)C(CN)CCCSC)cc1. The highest BCUT2D eigenvalue weighted by molar-refractivity contribution is 7.98. The highest BCUT2D eigenvalue weighted by Crippen LogP contribution is 2.18. The van der Waals surface area contributed by atoms with Crippen LogP contribution in [0.25, 0.3) is 0 Å². The maximum Gasteiger partial charge on any atom is 0.0409 e. The summed E-state index contributed by atoms with van der Waals surface area (Å²) in [4.78, 5) is 2.32. The molecule has 0 aromatic heterocycles. The van der Waals surface area contributed by atoms with Crippen molar-refractivity contribution in [3.05, 3.63) is 29.8 Å². The Morgan fingerprint density at radius 1 is 1.28 bits per heavy atom. The van der Waals surface area contributed by atoms with Gasteiger partial charge >= 0.3 is 0 Å². The quantitative estimate of drug-likeness (QED) is 0.733. The molecule has 1 atom stereocenters. The van der Waals surface area contributed by atoms with Crippen molar-refractivity contribution in [2.45, 2.75) is 32.2 Å². The molecule has 0 saturated heterocycles. The van der Waals surface area contributed by atoms with Crippen LogP contribution in [0, 0.1) is 0 Å². The van der Waals surface area contributed by atoms with Crippen LogP contribution in [0.15, 0.2) is 24.3 Å². The fourth-order valence-corrected chi connectivity index (χ4v) is 2.57. The number of benzene rings is 1. The highest BCUT2D eigenvalue weighted by atomic mass is 32.2. The predicted octanol–water partition coefficient (Wildman–Crippen LogP) is 3.16. The summed E-state index contributed by atoms with van der Waals surface area (Å²) < 4.78 is 0. The van der Waals surface area contributed by atoms with Gasteiger partial charge in [0.15, 0.2) is 0 Å². The molecular weight excluding hydrogens is 240 g/mol. The standard InChI is InChI=1S/C15H26N2S/c1-4-13-7-9-14(10-8-13)17(2)15(12-16)6-5-11-18-3/h7-10,15H,4-6,11-12,16H2,1-3H3. The van der Waals surface area contributed by atoms with Crippen molar-refractivity contribution in [2.24, 2.45) is 5.73 Å². The van der Waals surface area contributed by atoms with Crippen LogP contribution in [0.5, 0.6) is 0 Å². The Labute approximate surface area is 116 Å². The summed E-state index contributed by atoms with van der Waals surface area (Å²) in [5.74, 6) is 1.22. The molecule has 0 fully saturated rings. The van der Waals surface area contributed by atoms with Crippen LogP contribution in [-0.4, -0.2) is 31.6 Å². The molecule has 2 N–H and O–H groups in total. The minimum atomic E-state index is 0.449. The normalized spacial score (nSPS) is 12.4. The minimum absolute atomic E-state index is 0.449. The number of nitrogens with zero attached hydrogens (tertiary/aromatic N) is 1. The van der Waals surface area contributed by atoms with Gasteiger partial charge in [0.2, 0.25) is 0 Å². The Bertz CT molecular complexity index is 324. The highest BCUT2D eigenvalue weighted by Gasteiger charge is 2.13. The molecule has 1 rings (SSSR count). The molecule has 0 aliphatic heterocycles. The second-order valence-electron chi connectivity index (χ2n) is 4.66. The van der Waals surface area contributed by atoms with Gasteiger partial charge in [0, 0.05) is 25.3 Å². The molecule has 0 spiro atoms. The van der Waals surface area contributed by atoms with E-state index in [9.17, 15) is 0 Å². The van der Waals surface area contributed by atoms with Gasteiger partial charge in [0.25, 0.3) is 0 Å². The third-order valence-electron chi connectivity index (χ3n) is 3.46. The number of aryl methyl sites for hydroxylation is 1. The summed E-state index contributed by atoms with van der Waals surface area (Å²) in [7, 11) is 2.15. The van der Waals surface area contributed by atoms with Gasteiger partial charge in [-0.25, -0.2) is 0 Å². The number of nitrogens with two attached hydrogens (primary N) is 1. The molecule has 1 aromatic carbocycles. The van der Waals surface area contributed by atoms with Crippen molar-refractivity contribution in [3.63, 3.8) is 0 Å². The molecule has 1 unspecified atom stereocenters. The summed E-state index contributed by atoms with van der Waals surface area (Å²) >= 11 is 1.91. The lowest BCUT2D eigenvalue weighted by Crippen LogP contribution is -2.38. The molecule has 0 bridgehead atoms. The summed E-state index contributed by atoms with van der Waals surface area (Å²) in [5, 5.41) is 0. The number of anilines is 1. The predicted molar refractivity (Wildman–Crippen MR) is 84.7 cm³/mol. The van der Waals surface area contributed by atoms with Gasteiger partial charge in [-0.05, 0) is 49.0 Å². The van der Waals surface area contributed by atoms with E-state index >= 15 is 0 Å². The van der Waals surface area contributed by atoms with Crippen LogP contribution in [0.3, 0.4) is 0 Å². The van der Waals surface area contributed by atoms with Crippen LogP contribution < -0.4 is 10.6 Å². The summed E-state index contributed by atoms with van der Waals surface area (Å²) in [6.07, 6.45) is 5.66. The second kappa shape index (κ2) is 8.44. The molecule has 102 valence electrons. The van der Waals surface area contributed by atoms with Crippen molar-refractivity contribution >= 4 is 17.4 Å². The number of likely N-dealkylation sites (N-methyl/N-ethyl adjacent to an activating group) is 1. The number of hydrogen-bond donors (Lipinski definition) is 1. The van der Waals surface area contributed by atoms with E-state index in [1.54, 1.807) is 0 Å². The van der Waals surface area contributed by atoms with Gasteiger partial charge in [-0.3, -0.25) is 0 Å². The van der Waals surface area contributed by atoms with Gasteiger partial charge in [0.05, 0.1) is 0 Å². The average molecular weight is 266 g/mol. The fourth-order valence-electron chi connectivity index (χ4n) is 2.11. The summed E-state index contributed by atoms with van der Waals surface area (Å²) in [5.41, 5.74) is 8.56. The molecule has 0 aliphatic carbocycles. The third kappa shape index (κ3) is 4.54. The third-order valence-corrected chi connectivity index (χ3v) is 4.15. The first-order chi connectivity index (χ1) is 8.72. The molecular formula is C15H26N2S. The number of rotatable bonds is 8. The summed E-state index contributed by atoms with van der Waals surface area (Å²) in [6.45, 7) is 2.91. The van der Waals surface area contributed by atoms with Crippen LogP contribution in [0.2, 0.25) is 0 Å². The van der Waals surface area contributed by atoms with Crippen molar-refractivity contribution in [3.8, 4) is 0 Å². The first-order valence-electron chi connectivity index (χ1n) is 6.73. The van der Waals surface area contributed by atoms with Crippen LogP contribution in [0.4, 0.5) is 5.69 Å². The Hall–Kier alpha value is -0.670. The van der Waals surface area contributed by atoms with Crippen molar-refractivity contribution in [2.75, 3.05) is 30.5 Å². The maximum atomic E-state index is 5.90. The lowest BCUT2D eigenvalue weighted by molar-refractivity contribution is 0.583. The number of thioether (sulfide) groups is 1. The van der Waals surface area contributed by atoms with Gasteiger partial charge in [-0.15, -0.1) is 0 Å². The second-order valence-corrected chi connectivity index (χ2v) is 5.64. The smallest absolute Gasteiger partial charge is 0.0409 e. The largest absolute Gasteiger partial charge is 0.370 e. The van der Waals surface area contributed by atoms with Gasteiger partial charge in [-0.2, -0.15) is 11.8 Å². The fraction of sp³-hybridized carbons (Fsp3) is 0.600. The molecule has 0 heterocycles. The molecule has 3 heteroatoms. The minimum Gasteiger partial charge on any atom is -0.370 e. The number of hydrogen-bond acceptors (Lipinski definition) is 3. The zero-order valence-corrected chi connectivity index (χ0v) is 12.7. The van der Waals surface area contributed by atoms with Crippen LogP contribution in [0.1, 0.15) is 25.3 Å². The molecule has 0 radical (unpaired) electrons. The monoisotopic (exact) mass is 266 g/mol. The van der Waals surface area contributed by atoms with Crippen molar-refractivity contribution in [1.82, 2.24) is 0 Å². The lowest BCUT2D eigenvalue weighted by Gasteiger charge is -2.29. The molecule has 2 nitrogen and oxygen atoms in total. The summed E-state index contributed by atoms with van der Waals surface area (Å²) in [6, 6.07) is 9.28. The zero-order chi connectivity index (χ0) is 13.4. The van der Waals surface area contributed by atoms with E-state index in [4.69, 9.17) is 5.73 Å². The average Bonchev–Trinajstić information content (AvgIpc) is 2.43. The van der Waals surface area contributed by atoms with E-state index in [-0.39, 0.29) is 0 Å². The van der Waals surface area contributed by atoms with E-state index in [2.05, 4.69) is 49.4 Å². The van der Waals surface area contributed by atoms with Crippen molar-refractivity contribution < 1.29 is 0 Å². The molecule has 18 heavy (non-hydrogen) atoms. The first kappa shape index (κ1) is 15.4. The van der Waals surface area contributed by atoms with E-state index in [0.717, 1.165) is 13.0 Å². The van der Waals surface area contributed by atoms with Gasteiger partial charge in [0.1, 0.15) is 0 Å². The molecule has 0 amide bonds. The zero-order valence-electron chi connectivity index (χ0n) is 11.9. The molecule has 0 aliphatic rings. The maximum absolute atomic E-state index is 5.90. The molecule has 1 aromatic rings. The Morgan fingerprint density at radius 3 is 2.44 bits per heavy atom. The van der Waals surface area contributed by atoms with E-state index in [1.807, 2.05) is 11.8 Å². The van der Waals surface area contributed by atoms with E-state index in [0.29, 0.717) is 6.04 Å². The van der Waals surface area contributed by atoms with E-state index in [1.165, 1.54) is 29.8 Å². The van der Waals surface area contributed by atoms with Gasteiger partial charge in [-0.1, -0.05) is 19.1 Å². The Kier molecular flexibility index (Phi) is 7.21. The Morgan fingerprint density at radius 2 is 1.94 bits per heavy atom. The first-order valence-corrected chi connectivity index (χ1v) is 8.13. The van der Waals surface area contributed by atoms with Crippen molar-refractivity contribution in [1.29, 1.82) is 0 Å². The van der Waals surface area contributed by atoms with Crippen LogP contribution >= 0.6 is 11.8 Å². The van der Waals surface area contributed by atoms with Crippen LogP contribution in [-0.2, 0) is 6.42 Å². The Balaban J connectivity index is 2.60. The molecule has 0 saturated carbocycles. The lowest BCUT2D eigenvalue weighted by atomic mass is 10.1. The topological polar surface area (TPSA) is 29.3 Å².